The lowest BCUT2D eigenvalue weighted by atomic mass is 10.2. The van der Waals surface area contributed by atoms with Gasteiger partial charge in [-0.05, 0) is 53.7 Å². The van der Waals surface area contributed by atoms with Gasteiger partial charge in [-0.3, -0.25) is 10.1 Å². The molecule has 0 bridgehead atoms. The zero-order valence-electron chi connectivity index (χ0n) is 14.7. The molecule has 1 aromatic heterocycles. The summed E-state index contributed by atoms with van der Waals surface area (Å²) in [4.78, 5) is 21.7. The summed E-state index contributed by atoms with van der Waals surface area (Å²) in [5, 5.41) is 28.4. The van der Waals surface area contributed by atoms with E-state index in [4.69, 9.17) is 20.8 Å². The number of hydrogen-bond acceptors (Lipinski definition) is 8. The first-order chi connectivity index (χ1) is 13.9. The lowest BCUT2D eigenvalue weighted by Gasteiger charge is -2.04. The van der Waals surface area contributed by atoms with E-state index in [9.17, 15) is 20.0 Å². The van der Waals surface area contributed by atoms with Crippen molar-refractivity contribution in [2.45, 2.75) is 5.22 Å². The molecule has 1 heterocycles. The van der Waals surface area contributed by atoms with Crippen LogP contribution in [0.4, 0.5) is 5.69 Å². The van der Waals surface area contributed by atoms with Gasteiger partial charge in [0.05, 0.1) is 17.6 Å². The largest absolute Gasteiger partial charge is 0.496 e. The third kappa shape index (κ3) is 4.92. The van der Waals surface area contributed by atoms with Gasteiger partial charge in [-0.25, -0.2) is 4.79 Å². The first-order valence-corrected chi connectivity index (χ1v) is 9.11. The Bertz CT molecular complexity index is 1100. The molecule has 0 aliphatic carbocycles. The number of halogens is 1. The van der Waals surface area contributed by atoms with Crippen LogP contribution in [0, 0.1) is 10.1 Å². The summed E-state index contributed by atoms with van der Waals surface area (Å²) >= 11 is 6.75. The molecule has 2 aromatic carbocycles. The molecule has 11 heteroatoms. The lowest BCUT2D eigenvalue weighted by Crippen LogP contribution is -1.97. The molecule has 0 saturated carbocycles. The number of ether oxygens (including phenoxy) is 1. The standard InChI is InChI=1S/C18H12ClN3O6S/c1-27-14-7-4-11(19)9-13(14)16-20-21-18(28-16)29-15(17(23)24)8-10-2-5-12(6-3-10)22(25)26/h2-9H,1H3,(H,23,24)/b15-8-. The monoisotopic (exact) mass is 433 g/mol. The highest BCUT2D eigenvalue weighted by Gasteiger charge is 2.18. The van der Waals surface area contributed by atoms with E-state index in [2.05, 4.69) is 10.2 Å². The quantitative estimate of drug-likeness (QED) is 0.247. The molecule has 29 heavy (non-hydrogen) atoms. The maximum atomic E-state index is 11.6. The number of methoxy groups -OCH3 is 1. The van der Waals surface area contributed by atoms with Gasteiger partial charge in [0, 0.05) is 17.2 Å². The van der Waals surface area contributed by atoms with Gasteiger partial charge < -0.3 is 14.3 Å². The van der Waals surface area contributed by atoms with E-state index in [1.165, 1.54) is 37.5 Å². The summed E-state index contributed by atoms with van der Waals surface area (Å²) in [6.45, 7) is 0. The SMILES string of the molecule is COc1ccc(Cl)cc1-c1nnc(S/C(=C\c2ccc([N+](=O)[O-])cc2)C(=O)O)o1. The highest BCUT2D eigenvalue weighted by atomic mass is 35.5. The summed E-state index contributed by atoms with van der Waals surface area (Å²) in [5.74, 6) is -0.630. The number of non-ortho nitro benzene ring substituents is 1. The van der Waals surface area contributed by atoms with Crippen LogP contribution in [0.3, 0.4) is 0 Å². The Morgan fingerprint density at radius 2 is 2.00 bits per heavy atom. The second-order valence-electron chi connectivity index (χ2n) is 5.48. The average molecular weight is 434 g/mol. The number of carbonyl (C=O) groups is 1. The molecule has 3 rings (SSSR count). The Balaban J connectivity index is 1.86. The third-order valence-corrected chi connectivity index (χ3v) is 4.70. The number of nitrogens with zero attached hydrogens (tertiary/aromatic N) is 3. The maximum Gasteiger partial charge on any atom is 0.342 e. The fourth-order valence-electron chi connectivity index (χ4n) is 2.28. The minimum Gasteiger partial charge on any atom is -0.496 e. The molecule has 0 saturated heterocycles. The number of benzene rings is 2. The topological polar surface area (TPSA) is 129 Å². The molecule has 0 atom stereocenters. The molecular weight excluding hydrogens is 422 g/mol. The number of carboxylic acids is 1. The van der Waals surface area contributed by atoms with Crippen LogP contribution in [-0.2, 0) is 4.79 Å². The predicted molar refractivity (Wildman–Crippen MR) is 106 cm³/mol. The first-order valence-electron chi connectivity index (χ1n) is 7.92. The average Bonchev–Trinajstić information content (AvgIpc) is 3.16. The summed E-state index contributed by atoms with van der Waals surface area (Å²) in [5.41, 5.74) is 0.844. The number of hydrogen-bond donors (Lipinski definition) is 1. The van der Waals surface area contributed by atoms with Gasteiger partial charge >= 0.3 is 5.97 Å². The highest BCUT2D eigenvalue weighted by Crippen LogP contribution is 2.35. The third-order valence-electron chi connectivity index (χ3n) is 3.61. The number of nitro groups is 1. The van der Waals surface area contributed by atoms with E-state index in [1.807, 2.05) is 0 Å². The Kier molecular flexibility index (Phi) is 6.15. The molecule has 148 valence electrons. The Labute approximate surface area is 173 Å². The number of thioether (sulfide) groups is 1. The van der Waals surface area contributed by atoms with Gasteiger partial charge in [-0.2, -0.15) is 0 Å². The molecule has 9 nitrogen and oxygen atoms in total. The fraction of sp³-hybridized carbons (Fsp3) is 0.0556. The van der Waals surface area contributed by atoms with Crippen molar-refractivity contribution in [3.05, 3.63) is 68.1 Å². The minimum absolute atomic E-state index is 0.00223. The van der Waals surface area contributed by atoms with Crippen LogP contribution < -0.4 is 4.74 Å². The molecular formula is C18H12ClN3O6S. The Morgan fingerprint density at radius 1 is 1.28 bits per heavy atom. The van der Waals surface area contributed by atoms with Gasteiger partial charge in [-0.1, -0.05) is 11.6 Å². The number of aliphatic carboxylic acids is 1. The van der Waals surface area contributed by atoms with Crippen LogP contribution in [0.25, 0.3) is 17.5 Å². The van der Waals surface area contributed by atoms with Gasteiger partial charge in [-0.15, -0.1) is 10.2 Å². The van der Waals surface area contributed by atoms with Crippen molar-refractivity contribution in [2.24, 2.45) is 0 Å². The van der Waals surface area contributed by atoms with Crippen LogP contribution in [0.1, 0.15) is 5.56 Å². The fourth-order valence-corrected chi connectivity index (χ4v) is 3.12. The number of nitro benzene ring substituents is 1. The maximum absolute atomic E-state index is 11.6. The van der Waals surface area contributed by atoms with Gasteiger partial charge in [0.2, 0.25) is 0 Å². The lowest BCUT2D eigenvalue weighted by molar-refractivity contribution is -0.384. The van der Waals surface area contributed by atoms with Crippen LogP contribution in [0.2, 0.25) is 5.02 Å². The van der Waals surface area contributed by atoms with Crippen LogP contribution in [-0.4, -0.2) is 33.3 Å². The predicted octanol–water partition coefficient (Wildman–Crippen LogP) is 4.52. The highest BCUT2D eigenvalue weighted by molar-refractivity contribution is 8.03. The van der Waals surface area contributed by atoms with Crippen LogP contribution in [0.5, 0.6) is 5.75 Å². The van der Waals surface area contributed by atoms with E-state index in [1.54, 1.807) is 18.2 Å². The normalized spacial score (nSPS) is 11.3. The Hall–Kier alpha value is -3.37. The Morgan fingerprint density at radius 3 is 2.62 bits per heavy atom. The van der Waals surface area contributed by atoms with Crippen molar-refractivity contribution < 1.29 is 24.0 Å². The summed E-state index contributed by atoms with van der Waals surface area (Å²) < 4.78 is 10.8. The molecule has 3 aromatic rings. The van der Waals surface area contributed by atoms with Crippen LogP contribution in [0.15, 0.2) is 57.0 Å². The molecule has 0 aliphatic rings. The van der Waals surface area contributed by atoms with E-state index in [0.29, 0.717) is 21.9 Å². The van der Waals surface area contributed by atoms with Gasteiger partial charge in [0.15, 0.2) is 0 Å². The summed E-state index contributed by atoms with van der Waals surface area (Å²) in [7, 11) is 1.48. The van der Waals surface area contributed by atoms with Crippen molar-refractivity contribution in [1.82, 2.24) is 10.2 Å². The van der Waals surface area contributed by atoms with Gasteiger partial charge in [0.25, 0.3) is 16.8 Å². The molecule has 0 fully saturated rings. The molecule has 1 N–H and O–H groups in total. The zero-order valence-corrected chi connectivity index (χ0v) is 16.3. The van der Waals surface area contributed by atoms with Crippen molar-refractivity contribution in [3.8, 4) is 17.2 Å². The first kappa shape index (κ1) is 20.4. The van der Waals surface area contributed by atoms with Crippen molar-refractivity contribution in [3.63, 3.8) is 0 Å². The molecule has 0 amide bonds. The second kappa shape index (κ2) is 8.76. The second-order valence-corrected chi connectivity index (χ2v) is 6.91. The molecule has 0 spiro atoms. The summed E-state index contributed by atoms with van der Waals surface area (Å²) in [6, 6.07) is 10.3. The number of rotatable bonds is 7. The van der Waals surface area contributed by atoms with E-state index in [-0.39, 0.29) is 21.7 Å². The smallest absolute Gasteiger partial charge is 0.342 e. The molecule has 0 unspecified atom stereocenters. The van der Waals surface area contributed by atoms with Crippen LogP contribution >= 0.6 is 23.4 Å². The zero-order chi connectivity index (χ0) is 21.0. The minimum atomic E-state index is -1.21. The van der Waals surface area contributed by atoms with Crippen molar-refractivity contribution >= 4 is 41.1 Å². The van der Waals surface area contributed by atoms with Crippen molar-refractivity contribution in [1.29, 1.82) is 0 Å². The van der Waals surface area contributed by atoms with Crippen molar-refractivity contribution in [2.75, 3.05) is 7.11 Å². The van der Waals surface area contributed by atoms with Gasteiger partial charge in [0.1, 0.15) is 10.7 Å². The van der Waals surface area contributed by atoms with E-state index < -0.39 is 10.9 Å². The van der Waals surface area contributed by atoms with E-state index in [0.717, 1.165) is 11.8 Å². The van der Waals surface area contributed by atoms with E-state index >= 15 is 0 Å². The molecule has 0 radical (unpaired) electrons. The number of aromatic nitrogens is 2. The summed E-state index contributed by atoms with van der Waals surface area (Å²) in [6.07, 6.45) is 1.35. The molecule has 0 aliphatic heterocycles. The number of carboxylic acid groups (broad SMARTS) is 1.